The van der Waals surface area contributed by atoms with Gasteiger partial charge < -0.3 is 0 Å². The molecule has 4 fully saturated rings. The number of hydrogen-bond acceptors (Lipinski definition) is 4. The summed E-state index contributed by atoms with van der Waals surface area (Å²) < 4.78 is 0. The summed E-state index contributed by atoms with van der Waals surface area (Å²) in [6, 6.07) is 62.9. The number of nitrogens with zero attached hydrogens (tertiary/aromatic N) is 4. The molecule has 0 amide bonds. The Hall–Kier alpha value is -6.96. The molecule has 0 N–H and O–H groups in total. The largest absolute Gasteiger partial charge is 0.208 e. The van der Waals surface area contributed by atoms with Gasteiger partial charge in [0.05, 0.1) is 11.6 Å². The zero-order valence-electron chi connectivity index (χ0n) is 33.3. The monoisotopic (exact) mass is 770 g/mol. The lowest BCUT2D eigenvalue weighted by atomic mass is 9.42. The van der Waals surface area contributed by atoms with E-state index in [1.54, 1.807) is 11.1 Å². The minimum absolute atomic E-state index is 0.00479. The van der Waals surface area contributed by atoms with Crippen molar-refractivity contribution in [1.29, 1.82) is 5.26 Å². The zero-order valence-corrected chi connectivity index (χ0v) is 33.3. The molecule has 1 heterocycles. The fourth-order valence-electron chi connectivity index (χ4n) is 12.1. The second kappa shape index (κ2) is 13.8. The summed E-state index contributed by atoms with van der Waals surface area (Å²) in [6.07, 6.45) is 6.74. The maximum atomic E-state index is 9.33. The first-order chi connectivity index (χ1) is 29.6. The summed E-state index contributed by atoms with van der Waals surface area (Å²) in [5.41, 5.74) is 17.0. The predicted molar refractivity (Wildman–Crippen MR) is 240 cm³/mol. The molecular weight excluding hydrogens is 729 g/mol. The van der Waals surface area contributed by atoms with E-state index < -0.39 is 0 Å². The topological polar surface area (TPSA) is 62.5 Å². The van der Waals surface area contributed by atoms with Gasteiger partial charge in [0.25, 0.3) is 0 Å². The molecular formula is C56H42N4. The van der Waals surface area contributed by atoms with Crippen molar-refractivity contribution in [2.75, 3.05) is 0 Å². The van der Waals surface area contributed by atoms with Gasteiger partial charge in [-0.25, -0.2) is 15.0 Å². The van der Waals surface area contributed by atoms with Gasteiger partial charge in [-0.15, -0.1) is 0 Å². The highest BCUT2D eigenvalue weighted by molar-refractivity contribution is 5.97. The van der Waals surface area contributed by atoms with E-state index in [2.05, 4.69) is 115 Å². The van der Waals surface area contributed by atoms with Crippen LogP contribution in [-0.4, -0.2) is 15.0 Å². The van der Waals surface area contributed by atoms with Gasteiger partial charge in [0, 0.05) is 22.1 Å². The third-order valence-corrected chi connectivity index (χ3v) is 14.4. The van der Waals surface area contributed by atoms with Crippen LogP contribution in [0.15, 0.2) is 170 Å². The van der Waals surface area contributed by atoms with Crippen LogP contribution in [0.5, 0.6) is 0 Å². The first-order valence-corrected chi connectivity index (χ1v) is 21.5. The van der Waals surface area contributed by atoms with Gasteiger partial charge >= 0.3 is 0 Å². The second-order valence-corrected chi connectivity index (χ2v) is 17.5. The van der Waals surface area contributed by atoms with Crippen LogP contribution in [0.4, 0.5) is 0 Å². The van der Waals surface area contributed by atoms with E-state index in [9.17, 15) is 5.26 Å². The Bertz CT molecular complexity index is 2880. The summed E-state index contributed by atoms with van der Waals surface area (Å²) in [6.45, 7) is 0. The Morgan fingerprint density at radius 1 is 0.400 bits per heavy atom. The van der Waals surface area contributed by atoms with Crippen LogP contribution in [0.1, 0.15) is 48.8 Å². The van der Waals surface area contributed by atoms with Crippen molar-refractivity contribution in [3.05, 3.63) is 187 Å². The average molecular weight is 771 g/mol. The second-order valence-electron chi connectivity index (χ2n) is 17.5. The van der Waals surface area contributed by atoms with Crippen LogP contribution in [0.3, 0.4) is 0 Å². The summed E-state index contributed by atoms with van der Waals surface area (Å²) in [7, 11) is 0. The molecule has 13 rings (SSSR count). The molecule has 1 spiro atoms. The van der Waals surface area contributed by atoms with Crippen LogP contribution in [-0.2, 0) is 5.41 Å². The van der Waals surface area contributed by atoms with Crippen molar-refractivity contribution < 1.29 is 0 Å². The lowest BCUT2D eigenvalue weighted by molar-refractivity contribution is -0.0397. The summed E-state index contributed by atoms with van der Waals surface area (Å²) >= 11 is 0. The zero-order chi connectivity index (χ0) is 39.8. The molecule has 0 atom stereocenters. The van der Waals surface area contributed by atoms with Crippen LogP contribution < -0.4 is 0 Å². The van der Waals surface area contributed by atoms with E-state index in [1.807, 2.05) is 60.7 Å². The van der Waals surface area contributed by atoms with Crippen molar-refractivity contribution in [3.8, 4) is 84.7 Å². The Morgan fingerprint density at radius 2 is 0.833 bits per heavy atom. The number of hydrogen-bond donors (Lipinski definition) is 0. The molecule has 1 aromatic heterocycles. The molecule has 5 aliphatic rings. The lowest BCUT2D eigenvalue weighted by Crippen LogP contribution is -2.55. The van der Waals surface area contributed by atoms with Crippen molar-refractivity contribution in [2.45, 2.75) is 37.5 Å². The SMILES string of the molecule is N#Cc1ccc(-c2ccc(-c3cccc4c3-c3cccc(-c5ccc(-c6nc(-c7ccccc7)nc(-c7ccccc7)n6)cc5)c3C43C4CC5CC(C4)CC3C5)cc2)cc1. The first-order valence-electron chi connectivity index (χ1n) is 21.5. The number of benzene rings is 7. The quantitative estimate of drug-likeness (QED) is 0.169. The van der Waals surface area contributed by atoms with Crippen molar-refractivity contribution >= 4 is 0 Å². The molecule has 60 heavy (non-hydrogen) atoms. The van der Waals surface area contributed by atoms with E-state index in [0.717, 1.165) is 39.7 Å². The molecule has 7 aromatic carbocycles. The number of rotatable bonds is 6. The molecule has 4 bridgehead atoms. The third-order valence-electron chi connectivity index (χ3n) is 14.4. The van der Waals surface area contributed by atoms with Gasteiger partial charge in [0.2, 0.25) is 0 Å². The van der Waals surface area contributed by atoms with Gasteiger partial charge in [0.15, 0.2) is 17.5 Å². The van der Waals surface area contributed by atoms with Gasteiger partial charge in [0.1, 0.15) is 0 Å². The summed E-state index contributed by atoms with van der Waals surface area (Å²) in [5, 5.41) is 9.33. The fourth-order valence-corrected chi connectivity index (χ4v) is 12.1. The van der Waals surface area contributed by atoms with E-state index in [0.29, 0.717) is 34.9 Å². The summed E-state index contributed by atoms with van der Waals surface area (Å²) in [5.74, 6) is 5.01. The fraction of sp³-hybridized carbons (Fsp3) is 0.179. The van der Waals surface area contributed by atoms with E-state index in [-0.39, 0.29) is 5.41 Å². The molecule has 0 saturated heterocycles. The van der Waals surface area contributed by atoms with Crippen LogP contribution in [0.2, 0.25) is 0 Å². The van der Waals surface area contributed by atoms with Crippen molar-refractivity contribution in [2.24, 2.45) is 23.7 Å². The van der Waals surface area contributed by atoms with Crippen molar-refractivity contribution in [3.63, 3.8) is 0 Å². The normalized spacial score (nSPS) is 21.7. The highest BCUT2D eigenvalue weighted by Crippen LogP contribution is 2.71. The Balaban J connectivity index is 0.987. The smallest absolute Gasteiger partial charge is 0.164 e. The number of aromatic nitrogens is 3. The summed E-state index contributed by atoms with van der Waals surface area (Å²) in [4.78, 5) is 15.0. The minimum atomic E-state index is -0.00479. The highest BCUT2D eigenvalue weighted by atomic mass is 15.0. The minimum Gasteiger partial charge on any atom is -0.208 e. The lowest BCUT2D eigenvalue weighted by Gasteiger charge is -2.61. The number of nitriles is 1. The molecule has 0 unspecified atom stereocenters. The molecule has 4 heteroatoms. The highest BCUT2D eigenvalue weighted by Gasteiger charge is 2.62. The van der Waals surface area contributed by atoms with Crippen molar-refractivity contribution in [1.82, 2.24) is 15.0 Å². The molecule has 4 saturated carbocycles. The molecule has 0 aliphatic heterocycles. The average Bonchev–Trinajstić information content (AvgIpc) is 3.62. The molecule has 5 aliphatic carbocycles. The molecule has 4 nitrogen and oxygen atoms in total. The van der Waals surface area contributed by atoms with E-state index in [4.69, 9.17) is 15.0 Å². The van der Waals surface area contributed by atoms with Gasteiger partial charge in [-0.3, -0.25) is 0 Å². The molecule has 8 aromatic rings. The van der Waals surface area contributed by atoms with Crippen LogP contribution >= 0.6 is 0 Å². The van der Waals surface area contributed by atoms with Crippen LogP contribution in [0, 0.1) is 35.0 Å². The van der Waals surface area contributed by atoms with E-state index >= 15 is 0 Å². The first kappa shape index (κ1) is 35.0. The van der Waals surface area contributed by atoms with Gasteiger partial charge in [-0.1, -0.05) is 158 Å². The Morgan fingerprint density at radius 3 is 1.38 bits per heavy atom. The van der Waals surface area contributed by atoms with Gasteiger partial charge in [-0.2, -0.15) is 5.26 Å². The standard InChI is InChI=1S/C56H42N4/c57-34-35-17-19-38(20-18-35)39-21-23-40(24-22-39)47-13-8-16-50-51(47)49-15-7-14-48(52(49)56(50)45-30-36-29-37(32-45)33-46(56)31-36)41-25-27-44(28-26-41)55-59-53(42-9-3-1-4-10-42)58-54(60-55)43-11-5-2-6-12-43/h1-28,36-37,45-46H,29-33H2. The van der Waals surface area contributed by atoms with E-state index in [1.165, 1.54) is 65.5 Å². The number of fused-ring (bicyclic) bond motifs is 3. The molecule has 286 valence electrons. The van der Waals surface area contributed by atoms with Gasteiger partial charge in [-0.05, 0) is 124 Å². The third kappa shape index (κ3) is 5.46. The maximum Gasteiger partial charge on any atom is 0.164 e. The molecule has 0 radical (unpaired) electrons. The maximum absolute atomic E-state index is 9.33. The van der Waals surface area contributed by atoms with Crippen LogP contribution in [0.25, 0.3) is 78.7 Å². The predicted octanol–water partition coefficient (Wildman–Crippen LogP) is 13.5. The Labute approximate surface area is 351 Å². The Kier molecular flexibility index (Phi) is 8.07.